The number of barbiturate groups is 1. The van der Waals surface area contributed by atoms with Gasteiger partial charge < -0.3 is 9.47 Å². The van der Waals surface area contributed by atoms with Crippen LogP contribution in [-0.2, 0) is 20.9 Å². The lowest BCUT2D eigenvalue weighted by Gasteiger charge is -2.26. The van der Waals surface area contributed by atoms with Gasteiger partial charge in [-0.15, -0.1) is 0 Å². The fourth-order valence-electron chi connectivity index (χ4n) is 3.39. The van der Waals surface area contributed by atoms with Gasteiger partial charge in [0.1, 0.15) is 17.9 Å². The summed E-state index contributed by atoms with van der Waals surface area (Å²) in [4.78, 5) is 50.4. The third-order valence-electron chi connectivity index (χ3n) is 5.22. The lowest BCUT2D eigenvalue weighted by Crippen LogP contribution is -2.54. The van der Waals surface area contributed by atoms with Crippen LogP contribution in [0.5, 0.6) is 5.75 Å². The second-order valence-corrected chi connectivity index (χ2v) is 8.44. The Hall–Kier alpha value is -4.14. The molecular formula is C26H18Cl2N2O6. The molecule has 3 aromatic rings. The van der Waals surface area contributed by atoms with E-state index in [-0.39, 0.29) is 28.5 Å². The van der Waals surface area contributed by atoms with Crippen molar-refractivity contribution in [2.24, 2.45) is 0 Å². The first-order valence-electron chi connectivity index (χ1n) is 10.5. The minimum absolute atomic E-state index is 0.174. The molecule has 8 nitrogen and oxygen atoms in total. The zero-order valence-corrected chi connectivity index (χ0v) is 20.3. The van der Waals surface area contributed by atoms with Crippen LogP contribution in [0.1, 0.15) is 21.5 Å². The maximum Gasteiger partial charge on any atom is 0.337 e. The number of imide groups is 2. The largest absolute Gasteiger partial charge is 0.487 e. The lowest BCUT2D eigenvalue weighted by atomic mass is 10.1. The number of carbonyl (C=O) groups is 4. The summed E-state index contributed by atoms with van der Waals surface area (Å²) in [5, 5.41) is 3.04. The van der Waals surface area contributed by atoms with Crippen molar-refractivity contribution in [2.45, 2.75) is 6.61 Å². The minimum Gasteiger partial charge on any atom is -0.487 e. The number of carbonyl (C=O) groups excluding carboxylic acids is 4. The van der Waals surface area contributed by atoms with Crippen molar-refractivity contribution >= 4 is 58.8 Å². The molecule has 3 aromatic carbocycles. The average molecular weight is 525 g/mol. The Morgan fingerprint density at radius 1 is 0.972 bits per heavy atom. The van der Waals surface area contributed by atoms with E-state index in [4.69, 9.17) is 27.9 Å². The standard InChI is InChI=1S/C26H18Cl2N2O6/c1-35-25(33)17-5-9-19(10-6-17)30-24(32)20(23(31)29-26(30)34)12-16-4-11-22(21(28)13-16)36-14-15-2-7-18(27)8-3-15/h2-13H,14H2,1H3,(H,29,31,34)/b20-12+. The van der Waals surface area contributed by atoms with Crippen molar-refractivity contribution in [3.8, 4) is 5.75 Å². The Morgan fingerprint density at radius 3 is 2.31 bits per heavy atom. The first-order valence-corrected chi connectivity index (χ1v) is 11.3. The molecule has 0 saturated carbocycles. The van der Waals surface area contributed by atoms with Gasteiger partial charge in [-0.25, -0.2) is 14.5 Å². The fraction of sp³-hybridized carbons (Fsp3) is 0.0769. The third-order valence-corrected chi connectivity index (χ3v) is 5.77. The van der Waals surface area contributed by atoms with Crippen LogP contribution < -0.4 is 15.0 Å². The number of urea groups is 1. The van der Waals surface area contributed by atoms with Crippen LogP contribution in [0.2, 0.25) is 10.0 Å². The minimum atomic E-state index is -0.906. The molecule has 10 heteroatoms. The molecule has 182 valence electrons. The highest BCUT2D eigenvalue weighted by molar-refractivity contribution is 6.39. The molecule has 0 unspecified atom stereocenters. The molecule has 0 spiro atoms. The number of amides is 4. The quantitative estimate of drug-likeness (QED) is 0.275. The van der Waals surface area contributed by atoms with E-state index in [0.29, 0.717) is 16.3 Å². The van der Waals surface area contributed by atoms with E-state index in [1.165, 1.54) is 43.5 Å². The number of ether oxygens (including phenoxy) is 2. The molecule has 0 atom stereocenters. The number of methoxy groups -OCH3 is 1. The summed E-state index contributed by atoms with van der Waals surface area (Å²) >= 11 is 12.2. The van der Waals surface area contributed by atoms with E-state index in [1.807, 2.05) is 12.1 Å². The van der Waals surface area contributed by atoms with E-state index in [9.17, 15) is 19.2 Å². The summed E-state index contributed by atoms with van der Waals surface area (Å²) in [6.45, 7) is 0.268. The number of esters is 1. The molecule has 1 N–H and O–H groups in total. The molecule has 0 aromatic heterocycles. The van der Waals surface area contributed by atoms with Crippen LogP contribution >= 0.6 is 23.2 Å². The maximum absolute atomic E-state index is 13.1. The van der Waals surface area contributed by atoms with E-state index < -0.39 is 23.8 Å². The van der Waals surface area contributed by atoms with Crippen LogP contribution in [0.4, 0.5) is 10.5 Å². The second kappa shape index (κ2) is 10.6. The van der Waals surface area contributed by atoms with Gasteiger partial charge in [0.2, 0.25) is 0 Å². The summed E-state index contributed by atoms with van der Waals surface area (Å²) in [7, 11) is 1.24. The van der Waals surface area contributed by atoms with Crippen LogP contribution in [0.3, 0.4) is 0 Å². The molecule has 4 amide bonds. The molecule has 1 aliphatic heterocycles. The predicted octanol–water partition coefficient (Wildman–Crippen LogP) is 5.03. The zero-order chi connectivity index (χ0) is 25.8. The summed E-state index contributed by atoms with van der Waals surface area (Å²) in [6, 6.07) is 16.7. The Bertz CT molecular complexity index is 1380. The number of rotatable bonds is 6. The smallest absolute Gasteiger partial charge is 0.337 e. The average Bonchev–Trinajstić information content (AvgIpc) is 2.87. The topological polar surface area (TPSA) is 102 Å². The SMILES string of the molecule is COC(=O)c1ccc(N2C(=O)NC(=O)/C(=C\c3ccc(OCc4ccc(Cl)cc4)c(Cl)c3)C2=O)cc1. The Kier molecular flexibility index (Phi) is 7.38. The molecule has 1 fully saturated rings. The second-order valence-electron chi connectivity index (χ2n) is 7.60. The Balaban J connectivity index is 1.54. The molecule has 1 heterocycles. The summed E-state index contributed by atoms with van der Waals surface area (Å²) < 4.78 is 10.4. The van der Waals surface area contributed by atoms with Gasteiger partial charge in [0, 0.05) is 5.02 Å². The number of anilines is 1. The number of hydrogen-bond donors (Lipinski definition) is 1. The summed E-state index contributed by atoms with van der Waals surface area (Å²) in [5.41, 5.74) is 1.50. The van der Waals surface area contributed by atoms with E-state index in [0.717, 1.165) is 10.5 Å². The van der Waals surface area contributed by atoms with E-state index in [1.54, 1.807) is 24.3 Å². The van der Waals surface area contributed by atoms with Gasteiger partial charge in [-0.1, -0.05) is 41.4 Å². The Labute approximate surface area is 216 Å². The van der Waals surface area contributed by atoms with E-state index >= 15 is 0 Å². The monoisotopic (exact) mass is 524 g/mol. The first kappa shape index (κ1) is 25.0. The summed E-state index contributed by atoms with van der Waals surface area (Å²) in [5.74, 6) is -1.82. The van der Waals surface area contributed by atoms with Crippen molar-refractivity contribution in [3.05, 3.63) is 99.0 Å². The molecule has 4 rings (SSSR count). The number of hydrogen-bond acceptors (Lipinski definition) is 6. The van der Waals surface area contributed by atoms with Gasteiger partial charge in [-0.3, -0.25) is 14.9 Å². The van der Waals surface area contributed by atoms with Gasteiger partial charge in [0.05, 0.1) is 23.4 Å². The van der Waals surface area contributed by atoms with Crippen molar-refractivity contribution in [3.63, 3.8) is 0 Å². The molecule has 1 saturated heterocycles. The number of nitrogens with one attached hydrogen (secondary N) is 1. The highest BCUT2D eigenvalue weighted by Gasteiger charge is 2.36. The summed E-state index contributed by atoms with van der Waals surface area (Å²) in [6.07, 6.45) is 1.33. The number of nitrogens with zero attached hydrogens (tertiary/aromatic N) is 1. The van der Waals surface area contributed by atoms with Crippen molar-refractivity contribution in [2.75, 3.05) is 12.0 Å². The lowest BCUT2D eigenvalue weighted by molar-refractivity contribution is -0.122. The van der Waals surface area contributed by atoms with Gasteiger partial charge in [0.25, 0.3) is 11.8 Å². The molecule has 1 aliphatic rings. The fourth-order valence-corrected chi connectivity index (χ4v) is 3.76. The van der Waals surface area contributed by atoms with Crippen molar-refractivity contribution in [1.82, 2.24) is 5.32 Å². The van der Waals surface area contributed by atoms with Crippen molar-refractivity contribution in [1.29, 1.82) is 0 Å². The molecule has 0 radical (unpaired) electrons. The predicted molar refractivity (Wildman–Crippen MR) is 134 cm³/mol. The van der Waals surface area contributed by atoms with Crippen LogP contribution in [0, 0.1) is 0 Å². The number of benzene rings is 3. The molecule has 0 aliphatic carbocycles. The molecule has 36 heavy (non-hydrogen) atoms. The highest BCUT2D eigenvalue weighted by Crippen LogP contribution is 2.29. The normalized spacial score (nSPS) is 14.6. The highest BCUT2D eigenvalue weighted by atomic mass is 35.5. The molecular weight excluding hydrogens is 507 g/mol. The molecule has 0 bridgehead atoms. The van der Waals surface area contributed by atoms with Crippen molar-refractivity contribution < 1.29 is 28.7 Å². The van der Waals surface area contributed by atoms with Gasteiger partial charge in [0.15, 0.2) is 0 Å². The maximum atomic E-state index is 13.1. The van der Waals surface area contributed by atoms with Crippen LogP contribution in [0.15, 0.2) is 72.3 Å². The van der Waals surface area contributed by atoms with Gasteiger partial charge in [-0.05, 0) is 65.7 Å². The van der Waals surface area contributed by atoms with Crippen LogP contribution in [-0.4, -0.2) is 30.9 Å². The number of halogens is 2. The van der Waals surface area contributed by atoms with Gasteiger partial charge >= 0.3 is 12.0 Å². The van der Waals surface area contributed by atoms with Gasteiger partial charge in [-0.2, -0.15) is 0 Å². The first-order chi connectivity index (χ1) is 17.3. The third kappa shape index (κ3) is 5.40. The van der Waals surface area contributed by atoms with Crippen LogP contribution in [0.25, 0.3) is 6.08 Å². The Morgan fingerprint density at radius 2 is 1.67 bits per heavy atom. The zero-order valence-electron chi connectivity index (χ0n) is 18.8. The van der Waals surface area contributed by atoms with E-state index in [2.05, 4.69) is 10.1 Å².